The van der Waals surface area contributed by atoms with Crippen molar-refractivity contribution in [3.05, 3.63) is 73.6 Å². The van der Waals surface area contributed by atoms with Crippen LogP contribution in [0.1, 0.15) is 39.5 Å². The highest BCUT2D eigenvalue weighted by Crippen LogP contribution is 2.19. The van der Waals surface area contributed by atoms with Crippen LogP contribution in [0.25, 0.3) is 22.4 Å². The minimum absolute atomic E-state index is 1.05. The summed E-state index contributed by atoms with van der Waals surface area (Å²) in [4.78, 5) is 0. The summed E-state index contributed by atoms with van der Waals surface area (Å²) in [6, 6.07) is 17.4. The van der Waals surface area contributed by atoms with E-state index in [0.29, 0.717) is 0 Å². The Hall–Kier alpha value is -2.88. The Morgan fingerprint density at radius 2 is 1.61 bits per heavy atom. The van der Waals surface area contributed by atoms with Gasteiger partial charge in [0.2, 0.25) is 12.7 Å². The maximum atomic E-state index is 2.37. The molecule has 4 aromatic rings. The van der Waals surface area contributed by atoms with Crippen LogP contribution in [0.5, 0.6) is 0 Å². The summed E-state index contributed by atoms with van der Waals surface area (Å²) in [6.45, 7) is 6.60. The van der Waals surface area contributed by atoms with Crippen molar-refractivity contribution in [1.29, 1.82) is 0 Å². The molecule has 0 fully saturated rings. The number of aromatic nitrogens is 4. The van der Waals surface area contributed by atoms with E-state index in [1.165, 1.54) is 48.1 Å². The number of hydrogen-bond donors (Lipinski definition) is 0. The van der Waals surface area contributed by atoms with Gasteiger partial charge in [-0.05, 0) is 37.1 Å². The molecule has 4 heteroatoms. The molecular formula is C24H30N4+2. The zero-order chi connectivity index (χ0) is 19.3. The van der Waals surface area contributed by atoms with Crippen LogP contribution >= 0.6 is 0 Å². The van der Waals surface area contributed by atoms with Gasteiger partial charge in [-0.25, -0.2) is 13.7 Å². The van der Waals surface area contributed by atoms with E-state index in [0.717, 1.165) is 13.1 Å². The first kappa shape index (κ1) is 18.5. The zero-order valence-electron chi connectivity index (χ0n) is 17.0. The summed E-state index contributed by atoms with van der Waals surface area (Å²) in [5, 5.41) is 0. The summed E-state index contributed by atoms with van der Waals surface area (Å²) in [6.07, 6.45) is 13.6. The Balaban J connectivity index is 1.71. The third-order valence-electron chi connectivity index (χ3n) is 5.33. The number of benzene rings is 2. The number of imidazole rings is 2. The van der Waals surface area contributed by atoms with Crippen LogP contribution in [0.4, 0.5) is 0 Å². The Kier molecular flexibility index (Phi) is 5.56. The Bertz CT molecular complexity index is 1060. The molecule has 144 valence electrons. The van der Waals surface area contributed by atoms with E-state index in [4.69, 9.17) is 0 Å². The van der Waals surface area contributed by atoms with Crippen molar-refractivity contribution in [2.24, 2.45) is 0 Å². The second-order valence-electron chi connectivity index (χ2n) is 7.45. The molecule has 0 bridgehead atoms. The average molecular weight is 375 g/mol. The summed E-state index contributed by atoms with van der Waals surface area (Å²) in [7, 11) is 0. The fourth-order valence-electron chi connectivity index (χ4n) is 3.71. The monoisotopic (exact) mass is 374 g/mol. The number of para-hydroxylation sites is 2. The number of rotatable bonds is 8. The number of unbranched alkanes of at least 4 members (excludes halogenated alkanes) is 2. The second kappa shape index (κ2) is 8.42. The molecule has 0 aliphatic carbocycles. The van der Waals surface area contributed by atoms with Crippen molar-refractivity contribution < 1.29 is 9.13 Å². The minimum atomic E-state index is 1.05. The highest BCUT2D eigenvalue weighted by atomic mass is 15.1. The smallest absolute Gasteiger partial charge is 0.236 e. The lowest BCUT2D eigenvalue weighted by Gasteiger charge is -2.00. The molecule has 0 unspecified atom stereocenters. The average Bonchev–Trinajstić information content (AvgIpc) is 3.36. The summed E-state index contributed by atoms with van der Waals surface area (Å²) in [5.41, 5.74) is 4.92. The van der Waals surface area contributed by atoms with Gasteiger partial charge in [-0.1, -0.05) is 44.9 Å². The van der Waals surface area contributed by atoms with Gasteiger partial charge in [0.1, 0.15) is 23.8 Å². The zero-order valence-corrected chi connectivity index (χ0v) is 17.0. The van der Waals surface area contributed by atoms with E-state index in [2.05, 4.69) is 106 Å². The topological polar surface area (TPSA) is 17.6 Å². The van der Waals surface area contributed by atoms with E-state index >= 15 is 0 Å². The first-order valence-electron chi connectivity index (χ1n) is 10.5. The number of nitrogens with zero attached hydrogens (tertiary/aromatic N) is 4. The fraction of sp³-hybridized carbons (Fsp3) is 0.333. The summed E-state index contributed by atoms with van der Waals surface area (Å²) in [5.74, 6) is 0. The molecule has 2 heterocycles. The van der Waals surface area contributed by atoms with Gasteiger partial charge in [-0.15, -0.1) is 0 Å². The van der Waals surface area contributed by atoms with E-state index in [9.17, 15) is 0 Å². The predicted molar refractivity (Wildman–Crippen MR) is 113 cm³/mol. The molecule has 0 aliphatic rings. The molecular weight excluding hydrogens is 344 g/mol. The molecule has 0 N–H and O–H groups in total. The second-order valence-corrected chi connectivity index (χ2v) is 7.45. The van der Waals surface area contributed by atoms with Gasteiger partial charge in [0, 0.05) is 6.07 Å². The first-order valence-corrected chi connectivity index (χ1v) is 10.5. The van der Waals surface area contributed by atoms with Gasteiger partial charge >= 0.3 is 0 Å². The largest absolute Gasteiger partial charge is 0.249 e. The van der Waals surface area contributed by atoms with Crippen LogP contribution in [0, 0.1) is 0 Å². The van der Waals surface area contributed by atoms with Gasteiger partial charge < -0.3 is 0 Å². The Morgan fingerprint density at radius 1 is 0.821 bits per heavy atom. The highest BCUT2D eigenvalue weighted by Gasteiger charge is 2.17. The summed E-state index contributed by atoms with van der Waals surface area (Å²) < 4.78 is 9.15. The fourth-order valence-corrected chi connectivity index (χ4v) is 3.71. The minimum Gasteiger partial charge on any atom is -0.236 e. The van der Waals surface area contributed by atoms with Crippen LogP contribution in [0.15, 0.2) is 73.6 Å². The van der Waals surface area contributed by atoms with Crippen LogP contribution < -0.4 is 9.13 Å². The van der Waals surface area contributed by atoms with Crippen molar-refractivity contribution in [3.63, 3.8) is 0 Å². The van der Waals surface area contributed by atoms with Gasteiger partial charge in [0.25, 0.3) is 0 Å². The van der Waals surface area contributed by atoms with E-state index < -0.39 is 0 Å². The Morgan fingerprint density at radius 3 is 2.46 bits per heavy atom. The molecule has 0 spiro atoms. The van der Waals surface area contributed by atoms with Gasteiger partial charge in [-0.3, -0.25) is 0 Å². The van der Waals surface area contributed by atoms with E-state index in [-0.39, 0.29) is 0 Å². The lowest BCUT2D eigenvalue weighted by atomic mass is 10.2. The van der Waals surface area contributed by atoms with Crippen molar-refractivity contribution in [3.8, 4) is 11.4 Å². The number of hydrogen-bond acceptors (Lipinski definition) is 0. The standard InChI is InChI=1S/C24H30N4/c1-3-5-14-25-16-17-26(19-25)21-10-9-11-22(18-21)28-20-27(15-6-4-2)23-12-7-8-13-24(23)28/h7-13,16-20H,3-6,14-15H2,1-2H3/q+2. The molecule has 0 aliphatic heterocycles. The van der Waals surface area contributed by atoms with Crippen LogP contribution in [-0.2, 0) is 13.1 Å². The molecule has 4 rings (SSSR count). The van der Waals surface area contributed by atoms with Crippen LogP contribution in [0.3, 0.4) is 0 Å². The Labute approximate surface area is 167 Å². The van der Waals surface area contributed by atoms with Crippen molar-refractivity contribution in [2.75, 3.05) is 0 Å². The van der Waals surface area contributed by atoms with E-state index in [1.807, 2.05) is 0 Å². The SMILES string of the molecule is CCCC[n+]1ccn(-c2cccc(-n3c[n+](CCCC)c4ccccc43)c2)c1. The molecule has 28 heavy (non-hydrogen) atoms. The molecule has 0 saturated carbocycles. The molecule has 0 saturated heterocycles. The third-order valence-corrected chi connectivity index (χ3v) is 5.33. The van der Waals surface area contributed by atoms with Crippen molar-refractivity contribution in [1.82, 2.24) is 9.13 Å². The molecule has 4 nitrogen and oxygen atoms in total. The normalized spacial score (nSPS) is 11.4. The van der Waals surface area contributed by atoms with Crippen LogP contribution in [0.2, 0.25) is 0 Å². The third kappa shape index (κ3) is 3.72. The lowest BCUT2D eigenvalue weighted by molar-refractivity contribution is -0.696. The maximum Gasteiger partial charge on any atom is 0.249 e. The molecule has 0 amide bonds. The van der Waals surface area contributed by atoms with Gasteiger partial charge in [0.05, 0.1) is 13.1 Å². The quantitative estimate of drug-likeness (QED) is 0.401. The van der Waals surface area contributed by atoms with Gasteiger partial charge in [0.15, 0.2) is 11.0 Å². The van der Waals surface area contributed by atoms with Gasteiger partial charge in [-0.2, -0.15) is 4.57 Å². The molecule has 2 aromatic carbocycles. The maximum absolute atomic E-state index is 2.37. The number of aryl methyl sites for hydroxylation is 2. The molecule has 0 atom stereocenters. The summed E-state index contributed by atoms with van der Waals surface area (Å²) >= 11 is 0. The molecule has 2 aromatic heterocycles. The molecule has 0 radical (unpaired) electrons. The van der Waals surface area contributed by atoms with E-state index in [1.54, 1.807) is 0 Å². The first-order chi connectivity index (χ1) is 13.8. The van der Waals surface area contributed by atoms with Crippen molar-refractivity contribution >= 4 is 11.0 Å². The van der Waals surface area contributed by atoms with Crippen LogP contribution in [-0.4, -0.2) is 9.13 Å². The highest BCUT2D eigenvalue weighted by molar-refractivity contribution is 5.74. The predicted octanol–water partition coefficient (Wildman–Crippen LogP) is 4.60. The van der Waals surface area contributed by atoms with Crippen molar-refractivity contribution in [2.45, 2.75) is 52.6 Å². The lowest BCUT2D eigenvalue weighted by Crippen LogP contribution is -2.31. The number of fused-ring (bicyclic) bond motifs is 1.